The number of ether oxygens (including phenoxy) is 2. The minimum absolute atomic E-state index is 0.0388. The number of carbonyl (C=O) groups excluding carboxylic acids is 1. The van der Waals surface area contributed by atoms with Crippen LogP contribution in [-0.4, -0.2) is 37.6 Å². The maximum Gasteiger partial charge on any atom is 0.285 e. The van der Waals surface area contributed by atoms with E-state index in [1.165, 1.54) is 22.3 Å². The van der Waals surface area contributed by atoms with Crippen molar-refractivity contribution in [2.45, 2.75) is 37.9 Å². The Morgan fingerprint density at radius 1 is 1.17 bits per heavy atom. The van der Waals surface area contributed by atoms with Gasteiger partial charge in [-0.1, -0.05) is 42.5 Å². The average molecular weight is 393 g/mol. The number of fused-ring (bicyclic) bond motifs is 3. The van der Waals surface area contributed by atoms with Crippen molar-refractivity contribution in [1.29, 1.82) is 0 Å². The number of allylic oxidation sites excluding steroid dienone is 1. The summed E-state index contributed by atoms with van der Waals surface area (Å²) in [5, 5.41) is 11.6. The lowest BCUT2D eigenvalue weighted by Gasteiger charge is -2.29. The van der Waals surface area contributed by atoms with Crippen LogP contribution in [0.5, 0.6) is 0 Å². The second-order valence-electron chi connectivity index (χ2n) is 7.55. The smallest absolute Gasteiger partial charge is 0.285 e. The summed E-state index contributed by atoms with van der Waals surface area (Å²) in [7, 11) is 1.60. The highest BCUT2D eigenvalue weighted by atomic mass is 16.7. The first-order chi connectivity index (χ1) is 14.2. The second kappa shape index (κ2) is 8.80. The fourth-order valence-electron chi connectivity index (χ4n) is 4.07. The summed E-state index contributed by atoms with van der Waals surface area (Å²) in [5.74, 6) is 0.0962. The predicted molar refractivity (Wildman–Crippen MR) is 111 cm³/mol. The van der Waals surface area contributed by atoms with E-state index in [1.54, 1.807) is 7.05 Å². The molecule has 0 saturated heterocycles. The molecule has 4 rings (SSSR count). The van der Waals surface area contributed by atoms with Gasteiger partial charge in [-0.3, -0.25) is 4.79 Å². The molecule has 1 aliphatic carbocycles. The SMILES string of the molecule is CNC(=O)C1=C[C@H](c2ccc3c(c2)-c2ccccc2C3)C[C@H](OCCCCO)O1. The summed E-state index contributed by atoms with van der Waals surface area (Å²) >= 11 is 0. The lowest BCUT2D eigenvalue weighted by Crippen LogP contribution is -2.31. The van der Waals surface area contributed by atoms with E-state index in [0.29, 0.717) is 25.2 Å². The molecule has 1 aliphatic heterocycles. The number of nitrogens with one attached hydrogen (secondary N) is 1. The molecule has 0 spiro atoms. The standard InChI is InChI=1S/C24H27NO4/c1-25-24(27)22-14-19(15-23(29-22)28-11-5-4-10-26)16-8-9-18-12-17-6-2-3-7-20(17)21(18)13-16/h2-3,6-9,13-14,19,23,26H,4-5,10-12,15H2,1H3,(H,25,27)/t19-,23+/m0/s1. The van der Waals surface area contributed by atoms with Crippen molar-refractivity contribution in [2.24, 2.45) is 0 Å². The van der Waals surface area contributed by atoms with E-state index in [2.05, 4.69) is 47.8 Å². The largest absolute Gasteiger partial charge is 0.459 e. The Morgan fingerprint density at radius 2 is 2.00 bits per heavy atom. The van der Waals surface area contributed by atoms with Crippen molar-refractivity contribution < 1.29 is 19.4 Å². The lowest BCUT2D eigenvalue weighted by atomic mass is 9.90. The van der Waals surface area contributed by atoms with E-state index in [-0.39, 0.29) is 18.4 Å². The molecule has 0 bridgehead atoms. The third kappa shape index (κ3) is 4.21. The van der Waals surface area contributed by atoms with Crippen LogP contribution in [0.2, 0.25) is 0 Å². The normalized spacial score (nSPS) is 19.7. The number of amides is 1. The van der Waals surface area contributed by atoms with Gasteiger partial charge in [-0.25, -0.2) is 0 Å². The topological polar surface area (TPSA) is 67.8 Å². The molecule has 5 heteroatoms. The highest BCUT2D eigenvalue weighted by Gasteiger charge is 2.29. The highest BCUT2D eigenvalue weighted by Crippen LogP contribution is 2.40. The van der Waals surface area contributed by atoms with Gasteiger partial charge >= 0.3 is 0 Å². The number of aliphatic hydroxyl groups is 1. The minimum Gasteiger partial charge on any atom is -0.459 e. The number of unbranched alkanes of at least 4 members (excludes halogenated alkanes) is 1. The quantitative estimate of drug-likeness (QED) is 0.603. The zero-order valence-corrected chi connectivity index (χ0v) is 16.7. The maximum absolute atomic E-state index is 12.2. The molecule has 2 aromatic rings. The molecular formula is C24H27NO4. The Balaban J connectivity index is 1.58. The summed E-state index contributed by atoms with van der Waals surface area (Å²) in [4.78, 5) is 12.2. The summed E-state index contributed by atoms with van der Waals surface area (Å²) in [6.45, 7) is 0.647. The van der Waals surface area contributed by atoms with Gasteiger partial charge < -0.3 is 19.9 Å². The Morgan fingerprint density at radius 3 is 2.83 bits per heavy atom. The molecule has 2 aliphatic rings. The first kappa shape index (κ1) is 19.7. The zero-order chi connectivity index (χ0) is 20.2. The molecule has 29 heavy (non-hydrogen) atoms. The predicted octanol–water partition coefficient (Wildman–Crippen LogP) is 3.51. The average Bonchev–Trinajstić information content (AvgIpc) is 3.14. The molecule has 5 nitrogen and oxygen atoms in total. The number of hydrogen-bond donors (Lipinski definition) is 2. The molecule has 0 unspecified atom stereocenters. The van der Waals surface area contributed by atoms with Crippen molar-refractivity contribution in [3.05, 3.63) is 71.0 Å². The molecule has 1 amide bonds. The van der Waals surface area contributed by atoms with Crippen LogP contribution in [0.3, 0.4) is 0 Å². The number of carbonyl (C=O) groups is 1. The van der Waals surface area contributed by atoms with E-state index in [0.717, 1.165) is 18.4 Å². The highest BCUT2D eigenvalue weighted by molar-refractivity contribution is 5.91. The number of likely N-dealkylation sites (N-methyl/N-ethyl adjacent to an activating group) is 1. The Labute approximate surface area is 171 Å². The van der Waals surface area contributed by atoms with Gasteiger partial charge in [0.05, 0.1) is 6.61 Å². The first-order valence-corrected chi connectivity index (χ1v) is 10.2. The zero-order valence-electron chi connectivity index (χ0n) is 16.7. The van der Waals surface area contributed by atoms with Crippen LogP contribution in [0, 0.1) is 0 Å². The molecule has 0 fully saturated rings. The minimum atomic E-state index is -0.475. The van der Waals surface area contributed by atoms with Gasteiger partial charge in [0, 0.05) is 26.0 Å². The third-order valence-corrected chi connectivity index (χ3v) is 5.61. The van der Waals surface area contributed by atoms with Gasteiger partial charge in [-0.05, 0) is 53.2 Å². The number of benzene rings is 2. The summed E-state index contributed by atoms with van der Waals surface area (Å²) in [5.41, 5.74) is 6.44. The van der Waals surface area contributed by atoms with Gasteiger partial charge in [-0.2, -0.15) is 0 Å². The molecule has 0 aromatic heterocycles. The lowest BCUT2D eigenvalue weighted by molar-refractivity contribution is -0.146. The fraction of sp³-hybridized carbons (Fsp3) is 0.375. The van der Waals surface area contributed by atoms with Gasteiger partial charge in [-0.15, -0.1) is 0 Å². The van der Waals surface area contributed by atoms with Gasteiger partial charge in [0.15, 0.2) is 5.76 Å². The van der Waals surface area contributed by atoms with E-state index >= 15 is 0 Å². The van der Waals surface area contributed by atoms with Crippen molar-refractivity contribution in [3.8, 4) is 11.1 Å². The first-order valence-electron chi connectivity index (χ1n) is 10.2. The number of hydrogen-bond acceptors (Lipinski definition) is 4. The summed E-state index contributed by atoms with van der Waals surface area (Å²) < 4.78 is 11.6. The molecule has 2 aromatic carbocycles. The molecular weight excluding hydrogens is 366 g/mol. The van der Waals surface area contributed by atoms with E-state index in [1.807, 2.05) is 6.08 Å². The Bertz CT molecular complexity index is 921. The van der Waals surface area contributed by atoms with Gasteiger partial charge in [0.1, 0.15) is 0 Å². The summed E-state index contributed by atoms with van der Waals surface area (Å²) in [6, 6.07) is 15.1. The van der Waals surface area contributed by atoms with Crippen molar-refractivity contribution in [1.82, 2.24) is 5.32 Å². The van der Waals surface area contributed by atoms with E-state index in [9.17, 15) is 4.79 Å². The van der Waals surface area contributed by atoms with Crippen LogP contribution < -0.4 is 5.32 Å². The maximum atomic E-state index is 12.2. The monoisotopic (exact) mass is 393 g/mol. The molecule has 0 saturated carbocycles. The van der Waals surface area contributed by atoms with Crippen LogP contribution in [0.1, 0.15) is 41.9 Å². The number of rotatable bonds is 7. The van der Waals surface area contributed by atoms with Crippen LogP contribution in [0.4, 0.5) is 0 Å². The molecule has 2 atom stereocenters. The summed E-state index contributed by atoms with van der Waals surface area (Å²) in [6.07, 6.45) is 4.50. The van der Waals surface area contributed by atoms with Crippen LogP contribution in [-0.2, 0) is 20.7 Å². The van der Waals surface area contributed by atoms with Crippen LogP contribution in [0.25, 0.3) is 11.1 Å². The van der Waals surface area contributed by atoms with E-state index < -0.39 is 6.29 Å². The van der Waals surface area contributed by atoms with Crippen LogP contribution in [0.15, 0.2) is 54.3 Å². The molecule has 0 radical (unpaired) electrons. The van der Waals surface area contributed by atoms with Crippen LogP contribution >= 0.6 is 0 Å². The van der Waals surface area contributed by atoms with Crippen molar-refractivity contribution >= 4 is 5.91 Å². The van der Waals surface area contributed by atoms with Gasteiger partial charge in [0.2, 0.25) is 6.29 Å². The second-order valence-corrected chi connectivity index (χ2v) is 7.55. The van der Waals surface area contributed by atoms with Crippen molar-refractivity contribution in [3.63, 3.8) is 0 Å². The number of aliphatic hydroxyl groups excluding tert-OH is 1. The molecule has 152 valence electrons. The third-order valence-electron chi connectivity index (χ3n) is 5.61. The Kier molecular flexibility index (Phi) is 5.97. The van der Waals surface area contributed by atoms with Crippen molar-refractivity contribution in [2.75, 3.05) is 20.3 Å². The Hall–Kier alpha value is -2.63. The molecule has 1 heterocycles. The van der Waals surface area contributed by atoms with E-state index in [4.69, 9.17) is 14.6 Å². The van der Waals surface area contributed by atoms with Gasteiger partial charge in [0.25, 0.3) is 5.91 Å². The molecule has 2 N–H and O–H groups in total. The fourth-order valence-corrected chi connectivity index (χ4v) is 4.07.